The first-order valence-corrected chi connectivity index (χ1v) is 7.07. The van der Waals surface area contributed by atoms with Crippen molar-refractivity contribution in [1.82, 2.24) is 9.78 Å². The Hall–Kier alpha value is -1.75. The van der Waals surface area contributed by atoms with Gasteiger partial charge in [0.2, 0.25) is 0 Å². The smallest absolute Gasteiger partial charge is 0.129 e. The van der Waals surface area contributed by atoms with Crippen LogP contribution in [0.2, 0.25) is 0 Å². The van der Waals surface area contributed by atoms with Crippen molar-refractivity contribution in [3.8, 4) is 0 Å². The highest BCUT2D eigenvalue weighted by Crippen LogP contribution is 2.17. The quantitative estimate of drug-likeness (QED) is 0.921. The standard InChI is InChI=1S/C16H21F2N3/c1-10-15(11(2)21(3)20-10)7-6-14(19)8-12-4-5-13(17)9-16(12)18/h4-5,9,14H,6-8,19H2,1-3H3. The number of benzene rings is 1. The van der Waals surface area contributed by atoms with Crippen LogP contribution in [-0.2, 0) is 19.9 Å². The SMILES string of the molecule is Cc1nn(C)c(C)c1CCC(N)Cc1ccc(F)cc1F. The second-order valence-corrected chi connectivity index (χ2v) is 5.51. The average molecular weight is 293 g/mol. The Labute approximate surface area is 123 Å². The molecule has 0 spiro atoms. The van der Waals surface area contributed by atoms with Crippen LogP contribution in [0.3, 0.4) is 0 Å². The van der Waals surface area contributed by atoms with Gasteiger partial charge in [-0.05, 0) is 50.3 Å². The van der Waals surface area contributed by atoms with Crippen molar-refractivity contribution in [3.63, 3.8) is 0 Å². The molecule has 0 radical (unpaired) electrons. The van der Waals surface area contributed by atoms with E-state index in [1.165, 1.54) is 17.7 Å². The fourth-order valence-electron chi connectivity index (χ4n) is 2.58. The van der Waals surface area contributed by atoms with Crippen LogP contribution in [0.25, 0.3) is 0 Å². The lowest BCUT2D eigenvalue weighted by molar-refractivity contribution is 0.548. The lowest BCUT2D eigenvalue weighted by atomic mass is 9.98. The summed E-state index contributed by atoms with van der Waals surface area (Å²) < 4.78 is 28.3. The predicted molar refractivity (Wildman–Crippen MR) is 79.0 cm³/mol. The summed E-state index contributed by atoms with van der Waals surface area (Å²) in [4.78, 5) is 0. The third kappa shape index (κ3) is 3.67. The monoisotopic (exact) mass is 293 g/mol. The van der Waals surface area contributed by atoms with Gasteiger partial charge in [-0.2, -0.15) is 5.10 Å². The van der Waals surface area contributed by atoms with Crippen molar-refractivity contribution in [2.24, 2.45) is 12.8 Å². The van der Waals surface area contributed by atoms with Crippen LogP contribution in [-0.4, -0.2) is 15.8 Å². The summed E-state index contributed by atoms with van der Waals surface area (Å²) in [7, 11) is 1.92. The molecule has 1 atom stereocenters. The molecule has 2 aromatic rings. The molecule has 1 aromatic heterocycles. The third-order valence-electron chi connectivity index (χ3n) is 3.92. The predicted octanol–water partition coefficient (Wildman–Crippen LogP) is 2.82. The van der Waals surface area contributed by atoms with Crippen molar-refractivity contribution in [3.05, 3.63) is 52.3 Å². The first-order valence-electron chi connectivity index (χ1n) is 7.07. The Balaban J connectivity index is 1.97. The number of halogens is 2. The molecular weight excluding hydrogens is 272 g/mol. The molecule has 0 aliphatic carbocycles. The minimum Gasteiger partial charge on any atom is -0.327 e. The zero-order valence-corrected chi connectivity index (χ0v) is 12.7. The second kappa shape index (κ2) is 6.35. The Bertz CT molecular complexity index is 635. The fraction of sp³-hybridized carbons (Fsp3) is 0.438. The molecule has 1 aromatic carbocycles. The van der Waals surface area contributed by atoms with E-state index < -0.39 is 11.6 Å². The highest BCUT2D eigenvalue weighted by Gasteiger charge is 2.13. The van der Waals surface area contributed by atoms with Gasteiger partial charge in [-0.1, -0.05) is 6.07 Å². The van der Waals surface area contributed by atoms with Crippen molar-refractivity contribution in [1.29, 1.82) is 0 Å². The van der Waals surface area contributed by atoms with Crippen LogP contribution in [0.1, 0.15) is 28.9 Å². The zero-order valence-electron chi connectivity index (χ0n) is 12.7. The lowest BCUT2D eigenvalue weighted by Crippen LogP contribution is -2.24. The number of hydrogen-bond donors (Lipinski definition) is 1. The Kier molecular flexibility index (Phi) is 4.73. The molecule has 2 N–H and O–H groups in total. The van der Waals surface area contributed by atoms with Crippen molar-refractivity contribution in [2.75, 3.05) is 0 Å². The molecule has 21 heavy (non-hydrogen) atoms. The number of aryl methyl sites for hydroxylation is 2. The molecule has 0 fully saturated rings. The molecule has 0 amide bonds. The summed E-state index contributed by atoms with van der Waals surface area (Å²) in [5.74, 6) is -1.09. The Morgan fingerprint density at radius 2 is 2.00 bits per heavy atom. The first kappa shape index (κ1) is 15.6. The topological polar surface area (TPSA) is 43.8 Å². The Morgan fingerprint density at radius 1 is 1.29 bits per heavy atom. The highest BCUT2D eigenvalue weighted by atomic mass is 19.1. The van der Waals surface area contributed by atoms with Gasteiger partial charge in [0.15, 0.2) is 0 Å². The fourth-order valence-corrected chi connectivity index (χ4v) is 2.58. The zero-order chi connectivity index (χ0) is 15.6. The van der Waals surface area contributed by atoms with E-state index in [2.05, 4.69) is 5.10 Å². The van der Waals surface area contributed by atoms with Crippen LogP contribution in [0.4, 0.5) is 8.78 Å². The second-order valence-electron chi connectivity index (χ2n) is 5.51. The maximum atomic E-state index is 13.6. The van der Waals surface area contributed by atoms with E-state index in [0.29, 0.717) is 12.0 Å². The largest absolute Gasteiger partial charge is 0.327 e. The summed E-state index contributed by atoms with van der Waals surface area (Å²) in [6, 6.07) is 3.47. The normalized spacial score (nSPS) is 12.7. The van der Waals surface area contributed by atoms with E-state index in [9.17, 15) is 8.78 Å². The molecule has 2 rings (SSSR count). The number of aromatic nitrogens is 2. The number of nitrogens with two attached hydrogens (primary N) is 1. The van der Waals surface area contributed by atoms with Crippen LogP contribution in [0.15, 0.2) is 18.2 Å². The van der Waals surface area contributed by atoms with Gasteiger partial charge in [-0.3, -0.25) is 4.68 Å². The van der Waals surface area contributed by atoms with Crippen molar-refractivity contribution >= 4 is 0 Å². The van der Waals surface area contributed by atoms with E-state index in [1.54, 1.807) is 0 Å². The molecule has 3 nitrogen and oxygen atoms in total. The molecule has 0 saturated heterocycles. The van der Waals surface area contributed by atoms with Crippen LogP contribution in [0.5, 0.6) is 0 Å². The molecule has 5 heteroatoms. The molecule has 0 aliphatic heterocycles. The minimum atomic E-state index is -0.563. The van der Waals surface area contributed by atoms with E-state index in [-0.39, 0.29) is 6.04 Å². The van der Waals surface area contributed by atoms with Gasteiger partial charge in [0.25, 0.3) is 0 Å². The number of nitrogens with zero attached hydrogens (tertiary/aromatic N) is 2. The van der Waals surface area contributed by atoms with Crippen molar-refractivity contribution in [2.45, 2.75) is 39.2 Å². The van der Waals surface area contributed by atoms with Gasteiger partial charge < -0.3 is 5.73 Å². The summed E-state index contributed by atoms with van der Waals surface area (Å²) >= 11 is 0. The maximum Gasteiger partial charge on any atom is 0.129 e. The van der Waals surface area contributed by atoms with Gasteiger partial charge in [-0.15, -0.1) is 0 Å². The molecule has 0 bridgehead atoms. The van der Waals surface area contributed by atoms with E-state index in [1.807, 2.05) is 25.6 Å². The third-order valence-corrected chi connectivity index (χ3v) is 3.92. The highest BCUT2D eigenvalue weighted by molar-refractivity contribution is 5.25. The number of hydrogen-bond acceptors (Lipinski definition) is 2. The average Bonchev–Trinajstić information content (AvgIpc) is 2.65. The molecule has 1 unspecified atom stereocenters. The summed E-state index contributed by atoms with van der Waals surface area (Å²) in [5.41, 5.74) is 9.88. The molecule has 0 aliphatic rings. The van der Waals surface area contributed by atoms with Crippen LogP contribution >= 0.6 is 0 Å². The van der Waals surface area contributed by atoms with E-state index in [0.717, 1.165) is 30.3 Å². The molecule has 114 valence electrons. The minimum absolute atomic E-state index is 0.163. The van der Waals surface area contributed by atoms with Crippen molar-refractivity contribution < 1.29 is 8.78 Å². The Morgan fingerprint density at radius 3 is 2.57 bits per heavy atom. The van der Waals surface area contributed by atoms with Gasteiger partial charge in [0, 0.05) is 24.8 Å². The van der Waals surface area contributed by atoms with Crippen LogP contribution < -0.4 is 5.73 Å². The van der Waals surface area contributed by atoms with Gasteiger partial charge in [-0.25, -0.2) is 8.78 Å². The van der Waals surface area contributed by atoms with Gasteiger partial charge in [0.1, 0.15) is 11.6 Å². The van der Waals surface area contributed by atoms with Crippen LogP contribution in [0, 0.1) is 25.5 Å². The van der Waals surface area contributed by atoms with Gasteiger partial charge >= 0.3 is 0 Å². The molecule has 0 saturated carbocycles. The molecule has 1 heterocycles. The summed E-state index contributed by atoms with van der Waals surface area (Å²) in [6.07, 6.45) is 1.96. The van der Waals surface area contributed by atoms with E-state index >= 15 is 0 Å². The summed E-state index contributed by atoms with van der Waals surface area (Å²) in [5, 5.41) is 4.37. The summed E-state index contributed by atoms with van der Waals surface area (Å²) in [6.45, 7) is 4.01. The van der Waals surface area contributed by atoms with E-state index in [4.69, 9.17) is 5.73 Å². The maximum absolute atomic E-state index is 13.6. The van der Waals surface area contributed by atoms with Gasteiger partial charge in [0.05, 0.1) is 5.69 Å². The molecular formula is C16H21F2N3. The lowest BCUT2D eigenvalue weighted by Gasteiger charge is -2.12. The number of rotatable bonds is 5. The first-order chi connectivity index (χ1) is 9.88.